The second-order valence-corrected chi connectivity index (χ2v) is 7.03. The van der Waals surface area contributed by atoms with Crippen molar-refractivity contribution >= 4 is 17.6 Å². The molecule has 0 saturated carbocycles. The fourth-order valence-corrected chi connectivity index (χ4v) is 2.77. The minimum atomic E-state index is -0.432. The molecule has 0 radical (unpaired) electrons. The second-order valence-electron chi connectivity index (χ2n) is 7.03. The Kier molecular flexibility index (Phi) is 6.79. The lowest BCUT2D eigenvalue weighted by Gasteiger charge is -2.18. The molecule has 2 aromatic carbocycles. The number of benzene rings is 2. The van der Waals surface area contributed by atoms with Crippen LogP contribution in [0.4, 0.5) is 10.5 Å². The van der Waals surface area contributed by atoms with Crippen LogP contribution in [-0.4, -0.2) is 40.6 Å². The summed E-state index contributed by atoms with van der Waals surface area (Å²) in [5, 5.41) is 9.47. The Bertz CT molecular complexity index is 1020. The predicted octanol–water partition coefficient (Wildman–Crippen LogP) is 3.32. The number of amides is 3. The Morgan fingerprint density at radius 3 is 2.60 bits per heavy atom. The number of likely N-dealkylation sites (N-methyl/N-ethyl adjacent to an activating group) is 1. The number of aryl methyl sites for hydroxylation is 1. The van der Waals surface area contributed by atoms with E-state index < -0.39 is 5.91 Å². The molecule has 30 heavy (non-hydrogen) atoms. The number of urea groups is 1. The normalized spacial score (nSPS) is 10.5. The van der Waals surface area contributed by atoms with Crippen molar-refractivity contribution in [2.45, 2.75) is 26.8 Å². The largest absolute Gasteiger partial charge is 0.344 e. The number of anilines is 1. The highest BCUT2D eigenvalue weighted by atomic mass is 16.5. The van der Waals surface area contributed by atoms with Crippen LogP contribution < -0.4 is 10.6 Å². The Hall–Kier alpha value is -3.68. The van der Waals surface area contributed by atoms with Gasteiger partial charge in [0, 0.05) is 32.2 Å². The number of hydrogen-bond acceptors (Lipinski definition) is 5. The molecule has 1 aromatic heterocycles. The lowest BCUT2D eigenvalue weighted by molar-refractivity contribution is 0.0907. The fraction of sp³-hybridized carbons (Fsp3) is 0.273. The van der Waals surface area contributed by atoms with Crippen molar-refractivity contribution in [1.82, 2.24) is 20.4 Å². The number of carbonyl (C=O) groups excluding carboxylic acids is 2. The van der Waals surface area contributed by atoms with Crippen molar-refractivity contribution in [3.05, 3.63) is 76.9 Å². The number of rotatable bonds is 7. The highest BCUT2D eigenvalue weighted by Gasteiger charge is 2.16. The maximum Gasteiger partial charge on any atom is 0.321 e. The average molecular weight is 407 g/mol. The molecular formula is C22H25N5O3. The molecule has 0 spiro atoms. The van der Waals surface area contributed by atoms with Crippen LogP contribution in [0.1, 0.15) is 33.2 Å². The topological polar surface area (TPSA) is 100 Å². The quantitative estimate of drug-likeness (QED) is 0.626. The van der Waals surface area contributed by atoms with E-state index in [1.807, 2.05) is 62.4 Å². The summed E-state index contributed by atoms with van der Waals surface area (Å²) in [5.74, 6) is -0.159. The van der Waals surface area contributed by atoms with E-state index in [2.05, 4.69) is 20.8 Å². The van der Waals surface area contributed by atoms with E-state index in [9.17, 15) is 9.59 Å². The first-order chi connectivity index (χ1) is 14.4. The van der Waals surface area contributed by atoms with Gasteiger partial charge in [-0.15, -0.1) is 0 Å². The van der Waals surface area contributed by atoms with Crippen molar-refractivity contribution in [1.29, 1.82) is 0 Å². The lowest BCUT2D eigenvalue weighted by atomic mass is 10.1. The van der Waals surface area contributed by atoms with Gasteiger partial charge in [-0.3, -0.25) is 4.79 Å². The van der Waals surface area contributed by atoms with E-state index in [-0.39, 0.29) is 11.9 Å². The van der Waals surface area contributed by atoms with Gasteiger partial charge in [0.05, 0.1) is 0 Å². The highest BCUT2D eigenvalue weighted by Crippen LogP contribution is 2.18. The Morgan fingerprint density at radius 1 is 1.07 bits per heavy atom. The van der Waals surface area contributed by atoms with E-state index >= 15 is 0 Å². The van der Waals surface area contributed by atoms with Crippen molar-refractivity contribution < 1.29 is 14.1 Å². The first-order valence-corrected chi connectivity index (χ1v) is 9.67. The summed E-state index contributed by atoms with van der Waals surface area (Å²) in [6, 6.07) is 15.1. The van der Waals surface area contributed by atoms with E-state index in [1.54, 1.807) is 7.05 Å². The van der Waals surface area contributed by atoms with Crippen LogP contribution in [-0.2, 0) is 13.0 Å². The van der Waals surface area contributed by atoms with Gasteiger partial charge in [0.2, 0.25) is 0 Å². The third-order valence-corrected chi connectivity index (χ3v) is 4.82. The molecule has 0 bridgehead atoms. The molecule has 2 N–H and O–H groups in total. The first-order valence-electron chi connectivity index (χ1n) is 9.67. The Morgan fingerprint density at radius 2 is 1.83 bits per heavy atom. The minimum Gasteiger partial charge on any atom is -0.344 e. The Balaban J connectivity index is 1.48. The number of nitrogens with one attached hydrogen (secondary N) is 2. The van der Waals surface area contributed by atoms with E-state index in [0.29, 0.717) is 25.3 Å². The smallest absolute Gasteiger partial charge is 0.321 e. The molecule has 0 atom stereocenters. The van der Waals surface area contributed by atoms with E-state index in [1.165, 1.54) is 4.90 Å². The van der Waals surface area contributed by atoms with E-state index in [0.717, 1.165) is 22.4 Å². The van der Waals surface area contributed by atoms with Gasteiger partial charge in [0.1, 0.15) is 0 Å². The molecule has 156 valence electrons. The van der Waals surface area contributed by atoms with Crippen LogP contribution in [0.25, 0.3) is 0 Å². The third kappa shape index (κ3) is 5.44. The van der Waals surface area contributed by atoms with Gasteiger partial charge in [0.25, 0.3) is 0 Å². The number of carbonyl (C=O) groups is 2. The summed E-state index contributed by atoms with van der Waals surface area (Å²) >= 11 is 0. The van der Waals surface area contributed by atoms with Gasteiger partial charge in [-0.05, 0) is 36.6 Å². The first kappa shape index (κ1) is 21.0. The predicted molar refractivity (Wildman–Crippen MR) is 113 cm³/mol. The molecule has 0 aliphatic carbocycles. The molecule has 3 aromatic rings. The molecule has 0 aliphatic heterocycles. The summed E-state index contributed by atoms with van der Waals surface area (Å²) in [7, 11) is 1.69. The minimum absolute atomic E-state index is 0.0941. The lowest BCUT2D eigenvalue weighted by Crippen LogP contribution is -2.33. The maximum absolute atomic E-state index is 12.4. The number of aromatic nitrogens is 2. The molecule has 0 aliphatic rings. The van der Waals surface area contributed by atoms with Gasteiger partial charge < -0.3 is 20.1 Å². The van der Waals surface area contributed by atoms with Crippen LogP contribution in [0, 0.1) is 13.8 Å². The fourth-order valence-electron chi connectivity index (χ4n) is 2.77. The number of hydrogen-bond donors (Lipinski definition) is 2. The zero-order valence-electron chi connectivity index (χ0n) is 17.3. The molecule has 0 unspecified atom stereocenters. The number of nitrogens with zero attached hydrogens (tertiary/aromatic N) is 3. The molecule has 3 rings (SSSR count). The van der Waals surface area contributed by atoms with Gasteiger partial charge in [-0.2, -0.15) is 4.98 Å². The maximum atomic E-state index is 12.4. The van der Waals surface area contributed by atoms with Crippen LogP contribution in [0.3, 0.4) is 0 Å². The van der Waals surface area contributed by atoms with Crippen LogP contribution in [0.5, 0.6) is 0 Å². The van der Waals surface area contributed by atoms with Crippen LogP contribution >= 0.6 is 0 Å². The molecule has 8 heteroatoms. The van der Waals surface area contributed by atoms with Gasteiger partial charge in [-0.1, -0.05) is 47.6 Å². The van der Waals surface area contributed by atoms with Crippen molar-refractivity contribution in [2.75, 3.05) is 18.9 Å². The average Bonchev–Trinajstić information content (AvgIpc) is 3.23. The van der Waals surface area contributed by atoms with Crippen molar-refractivity contribution in [3.8, 4) is 0 Å². The van der Waals surface area contributed by atoms with Gasteiger partial charge >= 0.3 is 17.8 Å². The monoisotopic (exact) mass is 407 g/mol. The van der Waals surface area contributed by atoms with Crippen LogP contribution in [0.2, 0.25) is 0 Å². The third-order valence-electron chi connectivity index (χ3n) is 4.82. The molecule has 0 saturated heterocycles. The zero-order valence-corrected chi connectivity index (χ0v) is 17.3. The van der Waals surface area contributed by atoms with Crippen LogP contribution in [0.15, 0.2) is 53.1 Å². The summed E-state index contributed by atoms with van der Waals surface area (Å²) in [5.41, 5.74) is 3.90. The van der Waals surface area contributed by atoms with Crippen molar-refractivity contribution in [2.24, 2.45) is 0 Å². The van der Waals surface area contributed by atoms with E-state index in [4.69, 9.17) is 4.52 Å². The molecule has 1 heterocycles. The molecule has 0 fully saturated rings. The standard InChI is InChI=1S/C22H25N5O3/c1-15-8-7-11-18(16(15)2)24-22(29)27(3)13-12-19-25-21(30-26-19)20(28)23-14-17-9-5-4-6-10-17/h4-11H,12-14H2,1-3H3,(H,23,28)(H,24,29). The summed E-state index contributed by atoms with van der Waals surface area (Å²) in [6.45, 7) is 4.72. The highest BCUT2D eigenvalue weighted by molar-refractivity contribution is 5.90. The summed E-state index contributed by atoms with van der Waals surface area (Å²) in [6.07, 6.45) is 0.367. The van der Waals surface area contributed by atoms with Crippen molar-refractivity contribution in [3.63, 3.8) is 0 Å². The zero-order chi connectivity index (χ0) is 21.5. The van der Waals surface area contributed by atoms with Gasteiger partial charge in [0.15, 0.2) is 5.82 Å². The SMILES string of the molecule is Cc1cccc(NC(=O)N(C)CCc2noc(C(=O)NCc3ccccc3)n2)c1C. The van der Waals surface area contributed by atoms with Gasteiger partial charge in [-0.25, -0.2) is 4.79 Å². The second kappa shape index (κ2) is 9.69. The molecular weight excluding hydrogens is 382 g/mol. The molecule has 8 nitrogen and oxygen atoms in total. The summed E-state index contributed by atoms with van der Waals surface area (Å²) in [4.78, 5) is 30.2. The summed E-state index contributed by atoms with van der Waals surface area (Å²) < 4.78 is 5.04. The Labute approximate surface area is 175 Å². The molecule has 3 amide bonds.